The minimum Gasteiger partial charge on any atom is -0.384 e. The van der Waals surface area contributed by atoms with Crippen LogP contribution in [-0.4, -0.2) is 18.4 Å². The van der Waals surface area contributed by atoms with Gasteiger partial charge in [0.2, 0.25) is 0 Å². The van der Waals surface area contributed by atoms with Crippen LogP contribution in [0.2, 0.25) is 0 Å². The van der Waals surface area contributed by atoms with Crippen LogP contribution in [0.5, 0.6) is 0 Å². The van der Waals surface area contributed by atoms with Crippen LogP contribution in [0.4, 0.5) is 14.5 Å². The van der Waals surface area contributed by atoms with Gasteiger partial charge in [-0.1, -0.05) is 13.8 Å². The van der Waals surface area contributed by atoms with Gasteiger partial charge < -0.3 is 10.6 Å². The van der Waals surface area contributed by atoms with E-state index in [1.807, 2.05) is 4.90 Å². The maximum absolute atomic E-state index is 14.2. The van der Waals surface area contributed by atoms with E-state index >= 15 is 0 Å². The molecule has 110 valence electrons. The molecule has 0 aromatic heterocycles. The van der Waals surface area contributed by atoms with Crippen molar-refractivity contribution < 1.29 is 8.78 Å². The number of nitrogens with two attached hydrogens (primary N) is 1. The zero-order valence-corrected chi connectivity index (χ0v) is 11.9. The molecule has 1 aliphatic carbocycles. The van der Waals surface area contributed by atoms with Gasteiger partial charge in [-0.15, -0.1) is 0 Å². The van der Waals surface area contributed by atoms with Crippen molar-refractivity contribution in [3.05, 3.63) is 29.3 Å². The molecular weight excluding hydrogens is 260 g/mol. The first-order valence-corrected chi connectivity index (χ1v) is 7.00. The van der Waals surface area contributed by atoms with E-state index < -0.39 is 11.6 Å². The van der Waals surface area contributed by atoms with Gasteiger partial charge in [-0.05, 0) is 37.3 Å². The third kappa shape index (κ3) is 3.26. The average Bonchev–Trinajstić information content (AvgIpc) is 3.15. The summed E-state index contributed by atoms with van der Waals surface area (Å²) in [6, 6.07) is 2.53. The lowest BCUT2D eigenvalue weighted by molar-refractivity contribution is 0.538. The van der Waals surface area contributed by atoms with E-state index in [0.717, 1.165) is 31.4 Å². The molecule has 0 radical (unpaired) electrons. The van der Waals surface area contributed by atoms with Gasteiger partial charge in [-0.2, -0.15) is 0 Å². The highest BCUT2D eigenvalue weighted by Crippen LogP contribution is 2.35. The first kappa shape index (κ1) is 14.8. The number of hydrogen-bond donors (Lipinski definition) is 2. The number of amidine groups is 1. The number of nitrogen functional groups attached to an aromatic ring is 1. The highest BCUT2D eigenvalue weighted by molar-refractivity contribution is 5.95. The zero-order chi connectivity index (χ0) is 14.9. The van der Waals surface area contributed by atoms with Gasteiger partial charge in [0, 0.05) is 18.2 Å². The Kier molecular flexibility index (Phi) is 4.26. The van der Waals surface area contributed by atoms with Crippen LogP contribution >= 0.6 is 0 Å². The molecule has 1 aromatic rings. The van der Waals surface area contributed by atoms with Gasteiger partial charge in [-0.3, -0.25) is 5.41 Å². The van der Waals surface area contributed by atoms with Crippen molar-refractivity contribution in [2.24, 2.45) is 11.7 Å². The van der Waals surface area contributed by atoms with Crippen LogP contribution in [0, 0.1) is 23.0 Å². The SMILES string of the molecule is CC(C)CCN(c1c(F)cc(C(=N)N)cc1F)C1CC1. The number of halogens is 2. The topological polar surface area (TPSA) is 53.1 Å². The van der Waals surface area contributed by atoms with Crippen molar-refractivity contribution in [2.75, 3.05) is 11.4 Å². The highest BCUT2D eigenvalue weighted by Gasteiger charge is 2.32. The molecule has 1 aliphatic rings. The number of rotatable bonds is 6. The van der Waals surface area contributed by atoms with E-state index in [4.69, 9.17) is 11.1 Å². The van der Waals surface area contributed by atoms with Crippen LogP contribution in [0.1, 0.15) is 38.7 Å². The minimum atomic E-state index is -0.633. The van der Waals surface area contributed by atoms with E-state index in [1.165, 1.54) is 0 Å². The second-order valence-corrected chi connectivity index (χ2v) is 5.81. The molecule has 0 saturated heterocycles. The molecule has 1 aromatic carbocycles. The Bertz CT molecular complexity index is 487. The van der Waals surface area contributed by atoms with Gasteiger partial charge >= 0.3 is 0 Å². The standard InChI is InChI=1S/C15H21F2N3/c1-9(2)5-6-20(11-3-4-11)14-12(16)7-10(15(18)19)8-13(14)17/h7-9,11H,3-6H2,1-2H3,(H3,18,19). The number of hydrogen-bond acceptors (Lipinski definition) is 2. The van der Waals surface area contributed by atoms with Gasteiger partial charge in [0.05, 0.1) is 0 Å². The lowest BCUT2D eigenvalue weighted by Gasteiger charge is -2.26. The van der Waals surface area contributed by atoms with Gasteiger partial charge in [-0.25, -0.2) is 8.78 Å². The lowest BCUT2D eigenvalue weighted by Crippen LogP contribution is -2.30. The van der Waals surface area contributed by atoms with E-state index in [1.54, 1.807) is 0 Å². The summed E-state index contributed by atoms with van der Waals surface area (Å²) < 4.78 is 28.4. The van der Waals surface area contributed by atoms with Crippen LogP contribution in [0.25, 0.3) is 0 Å². The Morgan fingerprint density at radius 1 is 1.35 bits per heavy atom. The number of anilines is 1. The van der Waals surface area contributed by atoms with Crippen molar-refractivity contribution in [3.63, 3.8) is 0 Å². The second kappa shape index (κ2) is 5.77. The Balaban J connectivity index is 2.30. The first-order valence-electron chi connectivity index (χ1n) is 7.00. The molecule has 0 aliphatic heterocycles. The lowest BCUT2D eigenvalue weighted by atomic mass is 10.1. The molecule has 1 saturated carbocycles. The number of benzene rings is 1. The van der Waals surface area contributed by atoms with Gasteiger partial charge in [0.25, 0.3) is 0 Å². The summed E-state index contributed by atoms with van der Waals surface area (Å²) >= 11 is 0. The predicted octanol–water partition coefficient (Wildman–Crippen LogP) is 3.26. The van der Waals surface area contributed by atoms with Crippen LogP contribution < -0.4 is 10.6 Å². The average molecular weight is 281 g/mol. The molecule has 20 heavy (non-hydrogen) atoms. The van der Waals surface area contributed by atoms with E-state index in [0.29, 0.717) is 12.5 Å². The maximum Gasteiger partial charge on any atom is 0.150 e. The largest absolute Gasteiger partial charge is 0.384 e. The highest BCUT2D eigenvalue weighted by atomic mass is 19.1. The molecule has 0 heterocycles. The van der Waals surface area contributed by atoms with E-state index in [9.17, 15) is 8.78 Å². The normalized spacial score (nSPS) is 14.7. The minimum absolute atomic E-state index is 0.0261. The second-order valence-electron chi connectivity index (χ2n) is 5.81. The number of nitrogens with one attached hydrogen (secondary N) is 1. The van der Waals surface area contributed by atoms with Gasteiger partial charge in [0.1, 0.15) is 23.2 Å². The van der Waals surface area contributed by atoms with Crippen molar-refractivity contribution in [1.29, 1.82) is 5.41 Å². The Morgan fingerprint density at radius 2 is 1.90 bits per heavy atom. The van der Waals surface area contributed by atoms with E-state index in [2.05, 4.69) is 13.8 Å². The molecular formula is C15H21F2N3. The summed E-state index contributed by atoms with van der Waals surface area (Å²) in [6.45, 7) is 4.84. The van der Waals surface area contributed by atoms with E-state index in [-0.39, 0.29) is 23.1 Å². The summed E-state index contributed by atoms with van der Waals surface area (Å²) in [5.41, 5.74) is 5.40. The first-order chi connectivity index (χ1) is 9.40. The maximum atomic E-state index is 14.2. The molecule has 0 spiro atoms. The van der Waals surface area contributed by atoms with Crippen molar-refractivity contribution in [3.8, 4) is 0 Å². The quantitative estimate of drug-likeness (QED) is 0.621. The van der Waals surface area contributed by atoms with Gasteiger partial charge in [0.15, 0.2) is 0 Å². The Labute approximate surface area is 118 Å². The molecule has 0 amide bonds. The number of nitrogens with zero attached hydrogens (tertiary/aromatic N) is 1. The molecule has 3 nitrogen and oxygen atoms in total. The van der Waals surface area contributed by atoms with Crippen molar-refractivity contribution in [2.45, 2.75) is 39.2 Å². The van der Waals surface area contributed by atoms with Crippen LogP contribution in [0.15, 0.2) is 12.1 Å². The molecule has 1 fully saturated rings. The molecule has 0 unspecified atom stereocenters. The summed E-state index contributed by atoms with van der Waals surface area (Å²) in [5.74, 6) is -1.11. The third-order valence-electron chi connectivity index (χ3n) is 3.55. The monoisotopic (exact) mass is 281 g/mol. The molecule has 0 atom stereocenters. The summed E-state index contributed by atoms with van der Waals surface area (Å²) in [5, 5.41) is 7.27. The van der Waals surface area contributed by atoms with Crippen molar-refractivity contribution in [1.82, 2.24) is 0 Å². The zero-order valence-electron chi connectivity index (χ0n) is 11.9. The fourth-order valence-corrected chi connectivity index (χ4v) is 2.26. The summed E-state index contributed by atoms with van der Waals surface area (Å²) in [6.07, 6.45) is 2.85. The molecule has 0 bridgehead atoms. The van der Waals surface area contributed by atoms with Crippen LogP contribution in [-0.2, 0) is 0 Å². The third-order valence-corrected chi connectivity index (χ3v) is 3.55. The predicted molar refractivity (Wildman–Crippen MR) is 77.2 cm³/mol. The molecule has 5 heteroatoms. The molecule has 3 N–H and O–H groups in total. The Morgan fingerprint density at radius 3 is 2.30 bits per heavy atom. The summed E-state index contributed by atoms with van der Waals surface area (Å²) in [4.78, 5) is 1.83. The summed E-state index contributed by atoms with van der Waals surface area (Å²) in [7, 11) is 0. The molecule has 2 rings (SSSR count). The fourth-order valence-electron chi connectivity index (χ4n) is 2.26. The van der Waals surface area contributed by atoms with Crippen LogP contribution in [0.3, 0.4) is 0 Å². The smallest absolute Gasteiger partial charge is 0.150 e. The van der Waals surface area contributed by atoms with Crippen molar-refractivity contribution >= 4 is 11.5 Å². The Hall–Kier alpha value is -1.65. The fraction of sp³-hybridized carbons (Fsp3) is 0.533.